The molecule has 2 aliphatic rings. The SMILES string of the molecule is COc1ccc(CS[C@H]2C[C@@H](C(=O)N3CC[C@H](CN=C(C)NC(=O)OCc4ccc([N+](=O)[O-])cc4)C3)N(C(=O)OCc3ccc([N+](=O)[O-])cc3)C2)cc1. The number of non-ortho nitro benzene ring substituents is 2. The number of aliphatic imine (C=N–C) groups is 1. The standard InChI is InChI=1S/C36H40N6O10S/c1-24(38-35(44)51-21-25-3-9-29(10-4-25)41(46)47)37-18-28-15-16-39(19-28)34(43)33-17-32(53-23-27-7-13-31(50-2)14-8-27)20-40(33)36(45)52-22-26-5-11-30(12-6-26)42(48)49/h3-14,28,32-33H,15-23H2,1-2H3,(H,37,38,44)/t28-,32+,33+/m1/s1. The normalized spacial score (nSPS) is 18.4. The Balaban J connectivity index is 1.14. The molecule has 0 saturated carbocycles. The van der Waals surface area contributed by atoms with Crippen molar-refractivity contribution in [2.45, 2.75) is 50.0 Å². The van der Waals surface area contributed by atoms with Crippen molar-refractivity contribution in [3.63, 3.8) is 0 Å². The lowest BCUT2D eigenvalue weighted by molar-refractivity contribution is -0.385. The predicted octanol–water partition coefficient (Wildman–Crippen LogP) is 5.72. The van der Waals surface area contributed by atoms with Crippen LogP contribution in [-0.2, 0) is 33.2 Å². The lowest BCUT2D eigenvalue weighted by Gasteiger charge is -2.27. The lowest BCUT2D eigenvalue weighted by Crippen LogP contribution is -2.47. The summed E-state index contributed by atoms with van der Waals surface area (Å²) in [7, 11) is 1.61. The Bertz CT molecular complexity index is 1810. The highest BCUT2D eigenvalue weighted by atomic mass is 32.2. The summed E-state index contributed by atoms with van der Waals surface area (Å²) in [6.45, 7) is 3.08. The maximum absolute atomic E-state index is 13.9. The van der Waals surface area contributed by atoms with E-state index in [1.165, 1.54) is 53.4 Å². The molecule has 3 aromatic carbocycles. The first-order valence-electron chi connectivity index (χ1n) is 16.9. The molecular weight excluding hydrogens is 708 g/mol. The van der Waals surface area contributed by atoms with Crippen LogP contribution in [0.4, 0.5) is 21.0 Å². The van der Waals surface area contributed by atoms with Gasteiger partial charge >= 0.3 is 12.2 Å². The zero-order valence-corrected chi connectivity index (χ0v) is 30.1. The van der Waals surface area contributed by atoms with E-state index < -0.39 is 28.1 Å². The third-order valence-electron chi connectivity index (χ3n) is 8.92. The third-order valence-corrected chi connectivity index (χ3v) is 10.2. The Labute approximate surface area is 309 Å². The van der Waals surface area contributed by atoms with Crippen molar-refractivity contribution in [1.29, 1.82) is 0 Å². The minimum absolute atomic E-state index is 0.0186. The number of nitro groups is 2. The van der Waals surface area contributed by atoms with Crippen molar-refractivity contribution in [1.82, 2.24) is 15.1 Å². The third kappa shape index (κ3) is 10.9. The summed E-state index contributed by atoms with van der Waals surface area (Å²) >= 11 is 1.66. The van der Waals surface area contributed by atoms with Gasteiger partial charge in [-0.15, -0.1) is 0 Å². The number of thioether (sulfide) groups is 1. The van der Waals surface area contributed by atoms with E-state index in [1.54, 1.807) is 30.7 Å². The number of carbonyl (C=O) groups excluding carboxylic acids is 3. The van der Waals surface area contributed by atoms with E-state index >= 15 is 0 Å². The van der Waals surface area contributed by atoms with Crippen LogP contribution in [-0.4, -0.2) is 88.2 Å². The molecule has 2 fully saturated rings. The fraction of sp³-hybridized carbons (Fsp3) is 0.389. The predicted molar refractivity (Wildman–Crippen MR) is 196 cm³/mol. The van der Waals surface area contributed by atoms with E-state index in [1.807, 2.05) is 24.3 Å². The second-order valence-electron chi connectivity index (χ2n) is 12.7. The molecule has 2 saturated heterocycles. The molecule has 280 valence electrons. The molecule has 3 amide bonds. The zero-order valence-electron chi connectivity index (χ0n) is 29.3. The van der Waals surface area contributed by atoms with E-state index in [2.05, 4.69) is 10.3 Å². The van der Waals surface area contributed by atoms with Crippen molar-refractivity contribution >= 4 is 47.1 Å². The molecule has 1 N–H and O–H groups in total. The minimum Gasteiger partial charge on any atom is -0.497 e. The number of amidine groups is 1. The maximum Gasteiger partial charge on any atom is 0.412 e. The maximum atomic E-state index is 13.9. The van der Waals surface area contributed by atoms with Gasteiger partial charge in [-0.2, -0.15) is 11.8 Å². The zero-order chi connectivity index (χ0) is 37.9. The van der Waals surface area contributed by atoms with Gasteiger partial charge in [0.25, 0.3) is 11.4 Å². The first-order valence-corrected chi connectivity index (χ1v) is 17.9. The molecule has 3 atom stereocenters. The van der Waals surface area contributed by atoms with Crippen LogP contribution in [0.1, 0.15) is 36.5 Å². The topological polar surface area (TPSA) is 196 Å². The summed E-state index contributed by atoms with van der Waals surface area (Å²) in [6.07, 6.45) is -0.192. The molecule has 17 heteroatoms. The average Bonchev–Trinajstić information content (AvgIpc) is 3.83. The van der Waals surface area contributed by atoms with Crippen LogP contribution in [0.25, 0.3) is 0 Å². The van der Waals surface area contributed by atoms with E-state index in [9.17, 15) is 34.6 Å². The Kier molecular flexibility index (Phi) is 13.2. The van der Waals surface area contributed by atoms with Gasteiger partial charge in [-0.25, -0.2) is 9.59 Å². The average molecular weight is 749 g/mol. The highest BCUT2D eigenvalue weighted by Crippen LogP contribution is 2.33. The van der Waals surface area contributed by atoms with Crippen LogP contribution in [0, 0.1) is 26.1 Å². The molecule has 0 bridgehead atoms. The minimum atomic E-state index is -0.719. The highest BCUT2D eigenvalue weighted by molar-refractivity contribution is 7.99. The van der Waals surface area contributed by atoms with Crippen LogP contribution in [0.15, 0.2) is 77.8 Å². The number of hydrogen-bond acceptors (Lipinski definition) is 12. The number of methoxy groups -OCH3 is 1. The van der Waals surface area contributed by atoms with Crippen molar-refractivity contribution in [3.8, 4) is 5.75 Å². The highest BCUT2D eigenvalue weighted by Gasteiger charge is 2.43. The number of amides is 3. The molecule has 16 nitrogen and oxygen atoms in total. The van der Waals surface area contributed by atoms with Gasteiger partial charge in [0, 0.05) is 61.4 Å². The summed E-state index contributed by atoms with van der Waals surface area (Å²) < 4.78 is 16.0. The second kappa shape index (κ2) is 18.2. The van der Waals surface area contributed by atoms with Crippen LogP contribution in [0.2, 0.25) is 0 Å². The fourth-order valence-corrected chi connectivity index (χ4v) is 7.18. The Morgan fingerprint density at radius 2 is 1.45 bits per heavy atom. The quantitative estimate of drug-likeness (QED) is 0.0972. The number of alkyl carbamates (subject to hydrolysis) is 1. The second-order valence-corrected chi connectivity index (χ2v) is 13.9. The van der Waals surface area contributed by atoms with Crippen molar-refractivity contribution < 1.29 is 38.4 Å². The van der Waals surface area contributed by atoms with Crippen LogP contribution >= 0.6 is 11.8 Å². The Hall–Kier alpha value is -5.71. The van der Waals surface area contributed by atoms with Crippen LogP contribution in [0.5, 0.6) is 5.75 Å². The Morgan fingerprint density at radius 3 is 2.04 bits per heavy atom. The molecule has 0 aromatic heterocycles. The molecule has 0 aliphatic carbocycles. The van der Waals surface area contributed by atoms with Gasteiger partial charge in [0.05, 0.1) is 17.0 Å². The number of ether oxygens (including phenoxy) is 3. The number of nitro benzene ring substituents is 2. The molecule has 2 aliphatic heterocycles. The lowest BCUT2D eigenvalue weighted by atomic mass is 10.1. The number of hydrogen-bond donors (Lipinski definition) is 1. The van der Waals surface area contributed by atoms with E-state index in [4.69, 9.17) is 14.2 Å². The van der Waals surface area contributed by atoms with Crippen molar-refractivity contribution in [2.75, 3.05) is 33.3 Å². The van der Waals surface area contributed by atoms with E-state index in [0.717, 1.165) is 11.3 Å². The van der Waals surface area contributed by atoms with Gasteiger partial charge < -0.3 is 19.1 Å². The monoisotopic (exact) mass is 748 g/mol. The molecular formula is C36H40N6O10S. The summed E-state index contributed by atoms with van der Waals surface area (Å²) in [6, 6.07) is 18.5. The van der Waals surface area contributed by atoms with Crippen molar-refractivity contribution in [2.24, 2.45) is 10.9 Å². The van der Waals surface area contributed by atoms with Crippen LogP contribution < -0.4 is 10.1 Å². The van der Waals surface area contributed by atoms with Gasteiger partial charge in [-0.3, -0.25) is 40.2 Å². The first kappa shape index (κ1) is 38.5. The largest absolute Gasteiger partial charge is 0.497 e. The van der Waals surface area contributed by atoms with Gasteiger partial charge in [0.2, 0.25) is 5.91 Å². The molecule has 53 heavy (non-hydrogen) atoms. The molecule has 5 rings (SSSR count). The summed E-state index contributed by atoms with van der Waals surface area (Å²) in [4.78, 5) is 68.2. The summed E-state index contributed by atoms with van der Waals surface area (Å²) in [5, 5.41) is 24.4. The molecule has 0 radical (unpaired) electrons. The van der Waals surface area contributed by atoms with Gasteiger partial charge in [0.15, 0.2) is 0 Å². The number of likely N-dealkylation sites (tertiary alicyclic amines) is 2. The summed E-state index contributed by atoms with van der Waals surface area (Å²) in [5.41, 5.74) is 2.14. The number of benzene rings is 3. The molecule has 0 unspecified atom stereocenters. The number of rotatable bonds is 13. The molecule has 0 spiro atoms. The van der Waals surface area contributed by atoms with Gasteiger partial charge in [-0.05, 0) is 78.8 Å². The first-order chi connectivity index (χ1) is 25.5. The van der Waals surface area contributed by atoms with E-state index in [0.29, 0.717) is 61.7 Å². The van der Waals surface area contributed by atoms with Crippen LogP contribution in [0.3, 0.4) is 0 Å². The number of nitrogens with one attached hydrogen (secondary N) is 1. The number of nitrogens with zero attached hydrogens (tertiary/aromatic N) is 5. The van der Waals surface area contributed by atoms with Gasteiger partial charge in [0.1, 0.15) is 30.8 Å². The van der Waals surface area contributed by atoms with Crippen molar-refractivity contribution in [3.05, 3.63) is 110 Å². The summed E-state index contributed by atoms with van der Waals surface area (Å²) in [5.74, 6) is 1.66. The Morgan fingerprint density at radius 1 is 0.868 bits per heavy atom. The van der Waals surface area contributed by atoms with Gasteiger partial charge in [-0.1, -0.05) is 12.1 Å². The smallest absolute Gasteiger partial charge is 0.412 e. The molecule has 2 heterocycles. The number of carbonyl (C=O) groups is 3. The molecule has 3 aromatic rings. The fourth-order valence-electron chi connectivity index (χ4n) is 5.98. The van der Waals surface area contributed by atoms with E-state index in [-0.39, 0.29) is 41.7 Å².